The average Bonchev–Trinajstić information content (AvgIpc) is 2.75. The van der Waals surface area contributed by atoms with Crippen LogP contribution in [0.4, 0.5) is 0 Å². The molecule has 0 saturated heterocycles. The summed E-state index contributed by atoms with van der Waals surface area (Å²) in [5, 5.41) is 4.85. The molecule has 1 aromatic carbocycles. The molecule has 102 valence electrons. The van der Waals surface area contributed by atoms with Gasteiger partial charge < -0.3 is 4.74 Å². The predicted octanol–water partition coefficient (Wildman–Crippen LogP) is 2.58. The molecule has 0 N–H and O–H groups in total. The molecule has 2 aromatic rings. The molecule has 0 atom stereocenters. The molecule has 0 radical (unpaired) electrons. The Labute approximate surface area is 118 Å². The molecule has 4 nitrogen and oxygen atoms in total. The minimum atomic E-state index is 0.636. The molecule has 0 bridgehead atoms. The number of halogens is 1. The third kappa shape index (κ3) is 4.58. The monoisotopic (exact) mass is 279 g/mol. The van der Waals surface area contributed by atoms with E-state index in [2.05, 4.69) is 17.0 Å². The minimum absolute atomic E-state index is 0.636. The average molecular weight is 280 g/mol. The van der Waals surface area contributed by atoms with Crippen LogP contribution in [0.25, 0.3) is 0 Å². The summed E-state index contributed by atoms with van der Waals surface area (Å²) in [6.45, 7) is 2.35. The van der Waals surface area contributed by atoms with Crippen LogP contribution in [0.1, 0.15) is 5.56 Å². The Morgan fingerprint density at radius 2 is 2.26 bits per heavy atom. The maximum absolute atomic E-state index is 5.90. The summed E-state index contributed by atoms with van der Waals surface area (Å²) < 4.78 is 7.46. The lowest BCUT2D eigenvalue weighted by Crippen LogP contribution is -2.23. The number of nitrogens with zero attached hydrogens (tertiary/aromatic N) is 3. The molecule has 19 heavy (non-hydrogen) atoms. The van der Waals surface area contributed by atoms with E-state index in [0.717, 1.165) is 18.8 Å². The van der Waals surface area contributed by atoms with Crippen molar-refractivity contribution in [2.45, 2.75) is 6.54 Å². The SMILES string of the molecule is CN(CCOc1cccc(Cl)c1)Cc1cnn(C)c1. The highest BCUT2D eigenvalue weighted by Crippen LogP contribution is 2.16. The van der Waals surface area contributed by atoms with Crippen LogP contribution in [0.3, 0.4) is 0 Å². The van der Waals surface area contributed by atoms with Crippen LogP contribution in [-0.2, 0) is 13.6 Å². The third-order valence-electron chi connectivity index (χ3n) is 2.75. The van der Waals surface area contributed by atoms with Gasteiger partial charge in [-0.1, -0.05) is 17.7 Å². The van der Waals surface area contributed by atoms with Crippen molar-refractivity contribution in [2.75, 3.05) is 20.2 Å². The maximum atomic E-state index is 5.90. The molecule has 1 heterocycles. The van der Waals surface area contributed by atoms with Crippen molar-refractivity contribution in [3.63, 3.8) is 0 Å². The number of likely N-dealkylation sites (N-methyl/N-ethyl adjacent to an activating group) is 1. The first-order valence-corrected chi connectivity index (χ1v) is 6.56. The van der Waals surface area contributed by atoms with Crippen LogP contribution in [0, 0.1) is 0 Å². The summed E-state index contributed by atoms with van der Waals surface area (Å²) in [5.41, 5.74) is 1.20. The van der Waals surface area contributed by atoms with Crippen molar-refractivity contribution in [2.24, 2.45) is 7.05 Å². The maximum Gasteiger partial charge on any atom is 0.120 e. The smallest absolute Gasteiger partial charge is 0.120 e. The Morgan fingerprint density at radius 1 is 1.42 bits per heavy atom. The summed E-state index contributed by atoms with van der Waals surface area (Å²) in [6.07, 6.45) is 3.91. The van der Waals surface area contributed by atoms with Gasteiger partial charge in [0.15, 0.2) is 0 Å². The van der Waals surface area contributed by atoms with Crippen LogP contribution in [0.5, 0.6) is 5.75 Å². The van der Waals surface area contributed by atoms with Gasteiger partial charge in [-0.3, -0.25) is 9.58 Å². The normalized spacial score (nSPS) is 10.9. The lowest BCUT2D eigenvalue weighted by atomic mass is 10.3. The second-order valence-corrected chi connectivity index (χ2v) is 5.00. The second-order valence-electron chi connectivity index (χ2n) is 4.57. The number of benzene rings is 1. The highest BCUT2D eigenvalue weighted by molar-refractivity contribution is 6.30. The molecular weight excluding hydrogens is 262 g/mol. The Balaban J connectivity index is 1.73. The second kappa shape index (κ2) is 6.59. The third-order valence-corrected chi connectivity index (χ3v) is 2.98. The summed E-state index contributed by atoms with van der Waals surface area (Å²) >= 11 is 5.90. The molecule has 0 saturated carbocycles. The van der Waals surface area contributed by atoms with Crippen molar-refractivity contribution >= 4 is 11.6 Å². The predicted molar refractivity (Wildman–Crippen MR) is 76.5 cm³/mol. The Bertz CT molecular complexity index is 527. The van der Waals surface area contributed by atoms with Crippen molar-refractivity contribution in [3.8, 4) is 5.75 Å². The van der Waals surface area contributed by atoms with Crippen LogP contribution in [-0.4, -0.2) is 34.9 Å². The van der Waals surface area contributed by atoms with Crippen LogP contribution < -0.4 is 4.74 Å². The summed E-state index contributed by atoms with van der Waals surface area (Å²) in [7, 11) is 3.99. The Morgan fingerprint density at radius 3 is 2.95 bits per heavy atom. The van der Waals surface area contributed by atoms with Gasteiger partial charge in [0.1, 0.15) is 12.4 Å². The standard InChI is InChI=1S/C14H18ClN3O/c1-17(10-12-9-16-18(2)11-12)6-7-19-14-5-3-4-13(15)8-14/h3-5,8-9,11H,6-7,10H2,1-2H3. The van der Waals surface area contributed by atoms with Gasteiger partial charge in [-0.2, -0.15) is 5.10 Å². The van der Waals surface area contributed by atoms with Gasteiger partial charge in [-0.25, -0.2) is 0 Å². The van der Waals surface area contributed by atoms with E-state index in [-0.39, 0.29) is 0 Å². The molecule has 0 fully saturated rings. The number of hydrogen-bond acceptors (Lipinski definition) is 3. The number of aromatic nitrogens is 2. The van der Waals surface area contributed by atoms with E-state index in [4.69, 9.17) is 16.3 Å². The lowest BCUT2D eigenvalue weighted by molar-refractivity contribution is 0.233. The largest absolute Gasteiger partial charge is 0.492 e. The van der Waals surface area contributed by atoms with Gasteiger partial charge in [-0.05, 0) is 25.2 Å². The van der Waals surface area contributed by atoms with E-state index in [9.17, 15) is 0 Å². The number of rotatable bonds is 6. The van der Waals surface area contributed by atoms with Crippen LogP contribution in [0.2, 0.25) is 5.02 Å². The first kappa shape index (κ1) is 13.9. The van der Waals surface area contributed by atoms with Crippen molar-refractivity contribution in [1.29, 1.82) is 0 Å². The number of aryl methyl sites for hydroxylation is 1. The van der Waals surface area contributed by atoms with Crippen molar-refractivity contribution < 1.29 is 4.74 Å². The fourth-order valence-corrected chi connectivity index (χ4v) is 2.00. The molecule has 0 unspecified atom stereocenters. The summed E-state index contributed by atoms with van der Waals surface area (Å²) in [4.78, 5) is 2.20. The highest BCUT2D eigenvalue weighted by atomic mass is 35.5. The lowest BCUT2D eigenvalue weighted by Gasteiger charge is -2.16. The van der Waals surface area contributed by atoms with E-state index < -0.39 is 0 Å². The topological polar surface area (TPSA) is 30.3 Å². The summed E-state index contributed by atoms with van der Waals surface area (Å²) in [5.74, 6) is 0.808. The van der Waals surface area contributed by atoms with E-state index in [0.29, 0.717) is 11.6 Å². The molecule has 0 amide bonds. The van der Waals surface area contributed by atoms with Gasteiger partial charge in [0.05, 0.1) is 6.20 Å². The van der Waals surface area contributed by atoms with Gasteiger partial charge >= 0.3 is 0 Å². The number of hydrogen-bond donors (Lipinski definition) is 0. The molecule has 0 spiro atoms. The Kier molecular flexibility index (Phi) is 4.82. The minimum Gasteiger partial charge on any atom is -0.492 e. The number of ether oxygens (including phenoxy) is 1. The zero-order chi connectivity index (χ0) is 13.7. The molecular formula is C14H18ClN3O. The first-order chi connectivity index (χ1) is 9.13. The molecule has 0 aliphatic rings. The van der Waals surface area contributed by atoms with Gasteiger partial charge in [0.25, 0.3) is 0 Å². The van der Waals surface area contributed by atoms with Crippen molar-refractivity contribution in [1.82, 2.24) is 14.7 Å². The fraction of sp³-hybridized carbons (Fsp3) is 0.357. The van der Waals surface area contributed by atoms with Crippen molar-refractivity contribution in [3.05, 3.63) is 47.2 Å². The Hall–Kier alpha value is -1.52. The fourth-order valence-electron chi connectivity index (χ4n) is 1.82. The van der Waals surface area contributed by atoms with Gasteiger partial charge in [0.2, 0.25) is 0 Å². The molecule has 5 heteroatoms. The quantitative estimate of drug-likeness (QED) is 0.814. The van der Waals surface area contributed by atoms with Crippen LogP contribution >= 0.6 is 11.6 Å². The zero-order valence-electron chi connectivity index (χ0n) is 11.2. The molecule has 0 aliphatic heterocycles. The molecule has 0 aliphatic carbocycles. The first-order valence-electron chi connectivity index (χ1n) is 6.18. The van der Waals surface area contributed by atoms with E-state index in [1.165, 1.54) is 5.56 Å². The van der Waals surface area contributed by atoms with E-state index in [1.807, 2.05) is 48.4 Å². The van der Waals surface area contributed by atoms with E-state index in [1.54, 1.807) is 0 Å². The highest BCUT2D eigenvalue weighted by Gasteiger charge is 2.03. The van der Waals surface area contributed by atoms with Gasteiger partial charge in [0, 0.05) is 36.9 Å². The summed E-state index contributed by atoms with van der Waals surface area (Å²) in [6, 6.07) is 7.45. The molecule has 2 rings (SSSR count). The van der Waals surface area contributed by atoms with Crippen LogP contribution in [0.15, 0.2) is 36.7 Å². The van der Waals surface area contributed by atoms with Gasteiger partial charge in [-0.15, -0.1) is 0 Å². The zero-order valence-corrected chi connectivity index (χ0v) is 12.0. The molecule has 1 aromatic heterocycles. The van der Waals surface area contributed by atoms with E-state index >= 15 is 0 Å².